The van der Waals surface area contributed by atoms with Crippen molar-refractivity contribution in [2.75, 3.05) is 11.8 Å². The highest BCUT2D eigenvalue weighted by atomic mass is 32.2. The summed E-state index contributed by atoms with van der Waals surface area (Å²) >= 11 is 0. The van der Waals surface area contributed by atoms with E-state index in [9.17, 15) is 12.8 Å². The van der Waals surface area contributed by atoms with Crippen LogP contribution in [0, 0.1) is 5.82 Å². The topological polar surface area (TPSA) is 67.4 Å². The molecule has 0 spiro atoms. The van der Waals surface area contributed by atoms with E-state index in [0.717, 1.165) is 5.56 Å². The minimum Gasteiger partial charge on any atom is -0.489 e. The normalized spacial score (nSPS) is 11.1. The highest BCUT2D eigenvalue weighted by molar-refractivity contribution is 7.90. The van der Waals surface area contributed by atoms with Crippen molar-refractivity contribution in [2.24, 2.45) is 0 Å². The molecule has 112 valence electrons. The third kappa shape index (κ3) is 4.73. The Morgan fingerprint density at radius 2 is 1.86 bits per heavy atom. The second kappa shape index (κ2) is 6.55. The molecule has 7 heteroatoms. The van der Waals surface area contributed by atoms with E-state index in [0.29, 0.717) is 11.4 Å². The molecule has 0 aliphatic carbocycles. The van der Waals surface area contributed by atoms with Crippen LogP contribution >= 0.6 is 0 Å². The molecule has 21 heavy (non-hydrogen) atoms. The molecule has 0 aliphatic rings. The quantitative estimate of drug-likeness (QED) is 0.860. The molecule has 0 aliphatic heterocycles. The molecule has 0 atom stereocenters. The monoisotopic (exact) mass is 310 g/mol. The summed E-state index contributed by atoms with van der Waals surface area (Å²) in [7, 11) is -2.21. The molecule has 5 nitrogen and oxygen atoms in total. The van der Waals surface area contributed by atoms with Crippen molar-refractivity contribution < 1.29 is 17.5 Å². The Labute approximate surface area is 122 Å². The second-order valence-corrected chi connectivity index (χ2v) is 5.87. The first kappa shape index (κ1) is 15.3. The largest absolute Gasteiger partial charge is 0.489 e. The van der Waals surface area contributed by atoms with Crippen LogP contribution in [-0.4, -0.2) is 15.5 Å². The molecule has 0 saturated heterocycles. The summed E-state index contributed by atoms with van der Waals surface area (Å²) < 4.78 is 45.6. The zero-order chi connectivity index (χ0) is 15.3. The Hall–Kier alpha value is -2.12. The van der Waals surface area contributed by atoms with Gasteiger partial charge in [0.2, 0.25) is 0 Å². The van der Waals surface area contributed by atoms with Gasteiger partial charge in [-0.15, -0.1) is 0 Å². The lowest BCUT2D eigenvalue weighted by atomic mass is 10.2. The zero-order valence-corrected chi connectivity index (χ0v) is 12.2. The van der Waals surface area contributed by atoms with Crippen molar-refractivity contribution in [2.45, 2.75) is 6.61 Å². The molecule has 0 aromatic heterocycles. The van der Waals surface area contributed by atoms with Gasteiger partial charge in [0.25, 0.3) is 10.2 Å². The fourth-order valence-corrected chi connectivity index (χ4v) is 2.17. The summed E-state index contributed by atoms with van der Waals surface area (Å²) in [6.07, 6.45) is 0. The van der Waals surface area contributed by atoms with Crippen LogP contribution in [0.2, 0.25) is 0 Å². The summed E-state index contributed by atoms with van der Waals surface area (Å²) in [5.74, 6) is 0.250. The fourth-order valence-electron chi connectivity index (χ4n) is 1.62. The summed E-state index contributed by atoms with van der Waals surface area (Å²) in [4.78, 5) is 0. The number of ether oxygens (including phenoxy) is 1. The number of anilines is 1. The first-order chi connectivity index (χ1) is 9.98. The van der Waals surface area contributed by atoms with Gasteiger partial charge in [-0.3, -0.25) is 4.72 Å². The summed E-state index contributed by atoms with van der Waals surface area (Å²) in [5, 5.41) is 0. The first-order valence-corrected chi connectivity index (χ1v) is 7.65. The van der Waals surface area contributed by atoms with E-state index in [-0.39, 0.29) is 12.4 Å². The molecule has 0 bridgehead atoms. The van der Waals surface area contributed by atoms with Crippen molar-refractivity contribution in [3.8, 4) is 5.75 Å². The third-order valence-electron chi connectivity index (χ3n) is 2.67. The van der Waals surface area contributed by atoms with Gasteiger partial charge in [-0.05, 0) is 42.0 Å². The standard InChI is InChI=1S/C14H15FN2O3S/c1-16-21(18,19)17-13-5-7-14(8-6-13)20-10-11-3-2-4-12(15)9-11/h2-9,16-17H,10H2,1H3. The van der Waals surface area contributed by atoms with Gasteiger partial charge < -0.3 is 4.74 Å². The molecule has 0 saturated carbocycles. The van der Waals surface area contributed by atoms with Gasteiger partial charge in [0.15, 0.2) is 0 Å². The third-order valence-corrected chi connectivity index (χ3v) is 3.71. The van der Waals surface area contributed by atoms with Gasteiger partial charge in [0.1, 0.15) is 18.2 Å². The van der Waals surface area contributed by atoms with Crippen LogP contribution in [-0.2, 0) is 16.8 Å². The van der Waals surface area contributed by atoms with E-state index < -0.39 is 10.2 Å². The summed E-state index contributed by atoms with van der Waals surface area (Å²) in [6, 6.07) is 12.6. The lowest BCUT2D eigenvalue weighted by molar-refractivity contribution is 0.305. The number of hydrogen-bond acceptors (Lipinski definition) is 3. The lowest BCUT2D eigenvalue weighted by Gasteiger charge is -2.09. The average Bonchev–Trinajstić information content (AvgIpc) is 2.46. The summed E-state index contributed by atoms with van der Waals surface area (Å²) in [6.45, 7) is 0.235. The van der Waals surface area contributed by atoms with Gasteiger partial charge in [0, 0.05) is 12.7 Å². The maximum absolute atomic E-state index is 13.0. The molecule has 0 unspecified atom stereocenters. The van der Waals surface area contributed by atoms with Gasteiger partial charge in [-0.25, -0.2) is 9.11 Å². The second-order valence-electron chi connectivity index (χ2n) is 4.25. The van der Waals surface area contributed by atoms with Gasteiger partial charge in [-0.2, -0.15) is 8.42 Å². The van der Waals surface area contributed by atoms with E-state index in [1.54, 1.807) is 36.4 Å². The van der Waals surface area contributed by atoms with Crippen LogP contribution in [0.5, 0.6) is 5.75 Å². The molecular formula is C14H15FN2O3S. The predicted octanol–water partition coefficient (Wildman–Crippen LogP) is 2.28. The maximum atomic E-state index is 13.0. The van der Waals surface area contributed by atoms with Crippen molar-refractivity contribution in [1.29, 1.82) is 0 Å². The predicted molar refractivity (Wildman–Crippen MR) is 78.8 cm³/mol. The highest BCUT2D eigenvalue weighted by Gasteiger charge is 2.05. The van der Waals surface area contributed by atoms with Gasteiger partial charge >= 0.3 is 0 Å². The van der Waals surface area contributed by atoms with Crippen LogP contribution in [0.25, 0.3) is 0 Å². The van der Waals surface area contributed by atoms with Crippen LogP contribution < -0.4 is 14.2 Å². The molecule has 0 amide bonds. The van der Waals surface area contributed by atoms with Crippen LogP contribution in [0.15, 0.2) is 48.5 Å². The summed E-state index contributed by atoms with van der Waals surface area (Å²) in [5.41, 5.74) is 1.14. The fraction of sp³-hybridized carbons (Fsp3) is 0.143. The smallest absolute Gasteiger partial charge is 0.298 e. The Kier molecular flexibility index (Phi) is 4.77. The maximum Gasteiger partial charge on any atom is 0.298 e. The number of halogens is 1. The molecule has 0 radical (unpaired) electrons. The van der Waals surface area contributed by atoms with E-state index in [1.165, 1.54) is 19.2 Å². The molecule has 2 rings (SSSR count). The molecule has 2 N–H and O–H groups in total. The van der Waals surface area contributed by atoms with Crippen molar-refractivity contribution in [1.82, 2.24) is 4.72 Å². The van der Waals surface area contributed by atoms with Gasteiger partial charge in [-0.1, -0.05) is 12.1 Å². The Bertz CT molecular complexity index is 702. The Balaban J connectivity index is 1.96. The van der Waals surface area contributed by atoms with E-state index in [4.69, 9.17) is 4.74 Å². The minimum atomic E-state index is -3.53. The van der Waals surface area contributed by atoms with E-state index >= 15 is 0 Å². The van der Waals surface area contributed by atoms with E-state index in [2.05, 4.69) is 9.44 Å². The number of hydrogen-bond donors (Lipinski definition) is 2. The Morgan fingerprint density at radius 1 is 1.14 bits per heavy atom. The minimum absolute atomic E-state index is 0.235. The molecule has 2 aromatic carbocycles. The van der Waals surface area contributed by atoms with Crippen LogP contribution in [0.4, 0.5) is 10.1 Å². The lowest BCUT2D eigenvalue weighted by Crippen LogP contribution is -2.26. The van der Waals surface area contributed by atoms with Crippen molar-refractivity contribution >= 4 is 15.9 Å². The molecule has 0 fully saturated rings. The number of rotatable bonds is 6. The molecule has 0 heterocycles. The SMILES string of the molecule is CNS(=O)(=O)Nc1ccc(OCc2cccc(F)c2)cc1. The molecular weight excluding hydrogens is 295 g/mol. The number of nitrogens with one attached hydrogen (secondary N) is 2. The zero-order valence-electron chi connectivity index (χ0n) is 11.3. The molecule has 2 aromatic rings. The van der Waals surface area contributed by atoms with Crippen LogP contribution in [0.1, 0.15) is 5.56 Å². The average molecular weight is 310 g/mol. The van der Waals surface area contributed by atoms with Crippen LogP contribution in [0.3, 0.4) is 0 Å². The van der Waals surface area contributed by atoms with Crippen molar-refractivity contribution in [3.63, 3.8) is 0 Å². The first-order valence-electron chi connectivity index (χ1n) is 6.17. The number of benzene rings is 2. The van der Waals surface area contributed by atoms with Crippen molar-refractivity contribution in [3.05, 3.63) is 59.9 Å². The van der Waals surface area contributed by atoms with Gasteiger partial charge in [0.05, 0.1) is 0 Å². The van der Waals surface area contributed by atoms with E-state index in [1.807, 2.05) is 0 Å². The highest BCUT2D eigenvalue weighted by Crippen LogP contribution is 2.17. The Morgan fingerprint density at radius 3 is 2.48 bits per heavy atom.